The molecule has 0 aromatic heterocycles. The molecule has 2 aliphatic heterocycles. The molecule has 0 spiro atoms. The van der Waals surface area contributed by atoms with Crippen molar-refractivity contribution in [3.63, 3.8) is 0 Å². The lowest BCUT2D eigenvalue weighted by atomic mass is 9.92. The minimum Gasteiger partial charge on any atom is -0.444 e. The standard InChI is InChI=1S/C28H36F2N2O5S/c1-6-17(2)38(34,35)22-9-7-18-14-32(15-19(18)11-22)21-13-25(31-27(33)37-28(3,4)5)26(36-16-21)23-12-20(29)8-10-24(23)30/h7-12,17,21,25-26H,6,13-16H2,1-5H3,(H,31,33)/t17?,21-,25+,26-/m1/s1. The van der Waals surface area contributed by atoms with Gasteiger partial charge >= 0.3 is 6.09 Å². The summed E-state index contributed by atoms with van der Waals surface area (Å²) >= 11 is 0. The molecular formula is C28H36F2N2O5S. The van der Waals surface area contributed by atoms with Gasteiger partial charge in [0.05, 0.1) is 22.8 Å². The Morgan fingerprint density at radius 2 is 1.87 bits per heavy atom. The van der Waals surface area contributed by atoms with E-state index in [2.05, 4.69) is 10.2 Å². The number of halogens is 2. The number of amides is 1. The second-order valence-electron chi connectivity index (χ2n) is 11.2. The van der Waals surface area contributed by atoms with Crippen LogP contribution in [0.2, 0.25) is 0 Å². The summed E-state index contributed by atoms with van der Waals surface area (Å²) in [7, 11) is -3.41. The Morgan fingerprint density at radius 1 is 1.16 bits per heavy atom. The lowest BCUT2D eigenvalue weighted by Gasteiger charge is -2.40. The predicted molar refractivity (Wildman–Crippen MR) is 139 cm³/mol. The van der Waals surface area contributed by atoms with Gasteiger partial charge in [-0.05, 0) is 82.0 Å². The first-order valence-corrected chi connectivity index (χ1v) is 14.5. The number of rotatable bonds is 6. The molecule has 4 rings (SSSR count). The molecule has 208 valence electrons. The number of carbonyl (C=O) groups excluding carboxylic acids is 1. The van der Waals surface area contributed by atoms with E-state index in [9.17, 15) is 22.0 Å². The Morgan fingerprint density at radius 3 is 2.55 bits per heavy atom. The van der Waals surface area contributed by atoms with E-state index in [1.807, 2.05) is 13.0 Å². The van der Waals surface area contributed by atoms with E-state index in [-0.39, 0.29) is 18.2 Å². The van der Waals surface area contributed by atoms with Gasteiger partial charge in [-0.25, -0.2) is 22.0 Å². The van der Waals surface area contributed by atoms with Crippen molar-refractivity contribution in [2.45, 2.75) is 94.5 Å². The van der Waals surface area contributed by atoms with Crippen molar-refractivity contribution >= 4 is 15.9 Å². The van der Waals surface area contributed by atoms with E-state index in [1.165, 1.54) is 0 Å². The fraction of sp³-hybridized carbons (Fsp3) is 0.536. The van der Waals surface area contributed by atoms with Gasteiger partial charge in [0.25, 0.3) is 0 Å². The third-order valence-electron chi connectivity index (χ3n) is 7.20. The quantitative estimate of drug-likeness (QED) is 0.527. The summed E-state index contributed by atoms with van der Waals surface area (Å²) in [4.78, 5) is 15.1. The number of carbonyl (C=O) groups is 1. The van der Waals surface area contributed by atoms with Gasteiger partial charge in [0.1, 0.15) is 23.3 Å². The Bertz CT molecular complexity index is 1290. The summed E-state index contributed by atoms with van der Waals surface area (Å²) in [5.74, 6) is -1.21. The van der Waals surface area contributed by atoms with Gasteiger partial charge in [-0.1, -0.05) is 13.0 Å². The van der Waals surface area contributed by atoms with Crippen molar-refractivity contribution in [3.8, 4) is 0 Å². The molecule has 1 N–H and O–H groups in total. The maximum atomic E-state index is 14.7. The number of nitrogens with zero attached hydrogens (tertiary/aromatic N) is 1. The Balaban J connectivity index is 1.54. The fourth-order valence-electron chi connectivity index (χ4n) is 4.99. The number of nitrogens with one attached hydrogen (secondary N) is 1. The van der Waals surface area contributed by atoms with E-state index in [1.54, 1.807) is 39.8 Å². The second kappa shape index (κ2) is 10.9. The number of ether oxygens (including phenoxy) is 2. The first-order chi connectivity index (χ1) is 17.8. The zero-order valence-electron chi connectivity index (χ0n) is 22.5. The van der Waals surface area contributed by atoms with Crippen LogP contribution in [0, 0.1) is 11.6 Å². The number of hydrogen-bond acceptors (Lipinski definition) is 6. The molecule has 1 unspecified atom stereocenters. The summed E-state index contributed by atoms with van der Waals surface area (Å²) < 4.78 is 65.9. The third-order valence-corrected chi connectivity index (χ3v) is 9.50. The summed E-state index contributed by atoms with van der Waals surface area (Å²) in [5.41, 5.74) is 1.27. The number of sulfone groups is 1. The third kappa shape index (κ3) is 6.18. The first-order valence-electron chi connectivity index (χ1n) is 12.9. The highest BCUT2D eigenvalue weighted by atomic mass is 32.2. The SMILES string of the molecule is CCC(C)S(=O)(=O)c1ccc2c(c1)CN([C@H]1CO[C@H](c3cc(F)ccc3F)[C@@H](NC(=O)OC(C)(C)C)C1)C2. The Labute approximate surface area is 223 Å². The Hall–Kier alpha value is -2.56. The molecular weight excluding hydrogens is 514 g/mol. The average Bonchev–Trinajstić information content (AvgIpc) is 3.27. The normalized spacial score (nSPS) is 23.1. The van der Waals surface area contributed by atoms with Crippen LogP contribution in [-0.2, 0) is 32.4 Å². The smallest absolute Gasteiger partial charge is 0.407 e. The molecule has 1 saturated heterocycles. The van der Waals surface area contributed by atoms with E-state index < -0.39 is 50.6 Å². The van der Waals surface area contributed by atoms with Crippen molar-refractivity contribution in [2.24, 2.45) is 0 Å². The van der Waals surface area contributed by atoms with E-state index >= 15 is 0 Å². The van der Waals surface area contributed by atoms with Crippen LogP contribution >= 0.6 is 0 Å². The van der Waals surface area contributed by atoms with Crippen molar-refractivity contribution in [1.29, 1.82) is 0 Å². The zero-order chi connectivity index (χ0) is 27.8. The fourth-order valence-corrected chi connectivity index (χ4v) is 6.45. The average molecular weight is 551 g/mol. The number of fused-ring (bicyclic) bond motifs is 1. The highest BCUT2D eigenvalue weighted by Gasteiger charge is 2.39. The minimum atomic E-state index is -3.41. The van der Waals surface area contributed by atoms with Crippen LogP contribution in [0.4, 0.5) is 13.6 Å². The monoisotopic (exact) mass is 550 g/mol. The van der Waals surface area contributed by atoms with Crippen LogP contribution in [-0.4, -0.2) is 49.0 Å². The van der Waals surface area contributed by atoms with Gasteiger partial charge in [-0.3, -0.25) is 4.90 Å². The molecule has 2 heterocycles. The predicted octanol–water partition coefficient (Wildman–Crippen LogP) is 5.28. The highest BCUT2D eigenvalue weighted by Crippen LogP contribution is 2.36. The number of hydrogen-bond donors (Lipinski definition) is 1. The maximum Gasteiger partial charge on any atom is 0.407 e. The lowest BCUT2D eigenvalue weighted by Crippen LogP contribution is -2.52. The summed E-state index contributed by atoms with van der Waals surface area (Å²) in [6, 6.07) is 7.63. The van der Waals surface area contributed by atoms with Gasteiger partial charge in [-0.15, -0.1) is 0 Å². The van der Waals surface area contributed by atoms with Crippen molar-refractivity contribution < 1.29 is 31.5 Å². The molecule has 0 bridgehead atoms. The van der Waals surface area contributed by atoms with Gasteiger partial charge in [0, 0.05) is 24.7 Å². The van der Waals surface area contributed by atoms with Crippen molar-refractivity contribution in [2.75, 3.05) is 6.61 Å². The van der Waals surface area contributed by atoms with Crippen LogP contribution in [0.5, 0.6) is 0 Å². The molecule has 7 nitrogen and oxygen atoms in total. The van der Waals surface area contributed by atoms with Crippen LogP contribution in [0.15, 0.2) is 41.3 Å². The van der Waals surface area contributed by atoms with E-state index in [0.717, 1.165) is 29.3 Å². The lowest BCUT2D eigenvalue weighted by molar-refractivity contribution is -0.0627. The zero-order valence-corrected chi connectivity index (χ0v) is 23.3. The first kappa shape index (κ1) is 28.4. The molecule has 2 aromatic carbocycles. The molecule has 0 saturated carbocycles. The minimum absolute atomic E-state index is 0.0362. The number of alkyl carbamates (subject to hydrolysis) is 1. The topological polar surface area (TPSA) is 84.9 Å². The van der Waals surface area contributed by atoms with Crippen LogP contribution in [0.25, 0.3) is 0 Å². The molecule has 2 aromatic rings. The molecule has 1 fully saturated rings. The second-order valence-corrected chi connectivity index (χ2v) is 13.5. The summed E-state index contributed by atoms with van der Waals surface area (Å²) in [6.07, 6.45) is -0.625. The molecule has 0 radical (unpaired) electrons. The van der Waals surface area contributed by atoms with E-state index in [0.29, 0.717) is 30.8 Å². The molecule has 2 aliphatic rings. The largest absolute Gasteiger partial charge is 0.444 e. The van der Waals surface area contributed by atoms with Gasteiger partial charge < -0.3 is 14.8 Å². The van der Waals surface area contributed by atoms with Crippen LogP contribution in [0.3, 0.4) is 0 Å². The van der Waals surface area contributed by atoms with Crippen molar-refractivity contribution in [3.05, 3.63) is 64.7 Å². The summed E-state index contributed by atoms with van der Waals surface area (Å²) in [5, 5.41) is 2.34. The van der Waals surface area contributed by atoms with Crippen LogP contribution in [0.1, 0.15) is 70.3 Å². The molecule has 1 amide bonds. The van der Waals surface area contributed by atoms with Crippen molar-refractivity contribution in [1.82, 2.24) is 10.2 Å². The van der Waals surface area contributed by atoms with Crippen LogP contribution < -0.4 is 5.32 Å². The molecule has 0 aliphatic carbocycles. The van der Waals surface area contributed by atoms with E-state index in [4.69, 9.17) is 9.47 Å². The highest BCUT2D eigenvalue weighted by molar-refractivity contribution is 7.92. The molecule has 4 atom stereocenters. The Kier molecular flexibility index (Phi) is 8.16. The van der Waals surface area contributed by atoms with Gasteiger partial charge in [-0.2, -0.15) is 0 Å². The maximum absolute atomic E-state index is 14.7. The summed E-state index contributed by atoms with van der Waals surface area (Å²) in [6.45, 7) is 10.1. The number of benzene rings is 2. The molecule has 10 heteroatoms. The molecule has 38 heavy (non-hydrogen) atoms. The van der Waals surface area contributed by atoms with Gasteiger partial charge in [0.2, 0.25) is 0 Å². The van der Waals surface area contributed by atoms with Gasteiger partial charge in [0.15, 0.2) is 9.84 Å².